The third kappa shape index (κ3) is 4.56. The van der Waals surface area contributed by atoms with Crippen LogP contribution in [0.1, 0.15) is 48.5 Å². The van der Waals surface area contributed by atoms with Gasteiger partial charge < -0.3 is 9.80 Å². The third-order valence-corrected chi connectivity index (χ3v) is 4.66. The highest BCUT2D eigenvalue weighted by Crippen LogP contribution is 2.16. The van der Waals surface area contributed by atoms with Crippen LogP contribution >= 0.6 is 0 Å². The fourth-order valence-electron chi connectivity index (χ4n) is 3.18. The predicted molar refractivity (Wildman–Crippen MR) is 99.6 cm³/mol. The fraction of sp³-hybridized carbons (Fsp3) is 0.450. The number of hydrogen-bond donors (Lipinski definition) is 0. The average molecular weight is 338 g/mol. The zero-order valence-electron chi connectivity index (χ0n) is 14.9. The minimum absolute atomic E-state index is 0.0197. The van der Waals surface area contributed by atoms with Crippen LogP contribution in [0.4, 0.5) is 5.95 Å². The van der Waals surface area contributed by atoms with Gasteiger partial charge in [-0.3, -0.25) is 4.79 Å². The predicted octanol–water partition coefficient (Wildman–Crippen LogP) is 3.52. The van der Waals surface area contributed by atoms with Crippen molar-refractivity contribution in [3.63, 3.8) is 0 Å². The summed E-state index contributed by atoms with van der Waals surface area (Å²) in [5.74, 6) is 0.721. The molecule has 1 saturated heterocycles. The Kier molecular flexibility index (Phi) is 5.99. The van der Waals surface area contributed by atoms with Crippen molar-refractivity contribution in [1.82, 2.24) is 14.9 Å². The Morgan fingerprint density at radius 3 is 2.28 bits per heavy atom. The number of rotatable bonds is 5. The van der Waals surface area contributed by atoms with Crippen molar-refractivity contribution in [2.24, 2.45) is 0 Å². The highest BCUT2D eigenvalue weighted by Gasteiger charge is 2.17. The average Bonchev–Trinajstić information content (AvgIpc) is 2.96. The van der Waals surface area contributed by atoms with E-state index < -0.39 is 0 Å². The van der Waals surface area contributed by atoms with Gasteiger partial charge in [0.15, 0.2) is 0 Å². The van der Waals surface area contributed by atoms with E-state index in [2.05, 4.69) is 14.9 Å². The standard InChI is InChI=1S/C20H26N4O/c1-2-23(16-17-10-6-5-7-11-17)19(25)18-14-21-20(22-15-18)24-12-8-3-4-9-13-24/h5-7,10-11,14-15H,2-4,8-9,12-13,16H2,1H3. The van der Waals surface area contributed by atoms with Gasteiger partial charge in [-0.15, -0.1) is 0 Å². The molecule has 0 N–H and O–H groups in total. The van der Waals surface area contributed by atoms with Crippen LogP contribution in [0.25, 0.3) is 0 Å². The minimum atomic E-state index is -0.0197. The highest BCUT2D eigenvalue weighted by molar-refractivity contribution is 5.93. The van der Waals surface area contributed by atoms with Gasteiger partial charge in [0.25, 0.3) is 5.91 Å². The van der Waals surface area contributed by atoms with Crippen molar-refractivity contribution in [3.8, 4) is 0 Å². The van der Waals surface area contributed by atoms with Crippen LogP contribution in [0.3, 0.4) is 0 Å². The van der Waals surface area contributed by atoms with Crippen LogP contribution in [-0.2, 0) is 6.54 Å². The molecular weight excluding hydrogens is 312 g/mol. The Labute approximate surface area is 149 Å². The van der Waals surface area contributed by atoms with Crippen LogP contribution < -0.4 is 4.90 Å². The molecule has 2 aromatic rings. The smallest absolute Gasteiger partial charge is 0.257 e. The summed E-state index contributed by atoms with van der Waals surface area (Å²) >= 11 is 0. The van der Waals surface area contributed by atoms with Gasteiger partial charge in [0.05, 0.1) is 5.56 Å². The molecule has 132 valence electrons. The van der Waals surface area contributed by atoms with E-state index in [1.54, 1.807) is 12.4 Å². The molecular formula is C20H26N4O. The third-order valence-electron chi connectivity index (χ3n) is 4.66. The lowest BCUT2D eigenvalue weighted by atomic mass is 10.2. The first-order valence-corrected chi connectivity index (χ1v) is 9.18. The molecule has 3 rings (SSSR count). The number of anilines is 1. The highest BCUT2D eigenvalue weighted by atomic mass is 16.2. The van der Waals surface area contributed by atoms with Gasteiger partial charge in [-0.1, -0.05) is 43.2 Å². The van der Waals surface area contributed by atoms with E-state index in [0.29, 0.717) is 18.7 Å². The fourth-order valence-corrected chi connectivity index (χ4v) is 3.18. The summed E-state index contributed by atoms with van der Waals surface area (Å²) in [6.07, 6.45) is 8.26. The van der Waals surface area contributed by atoms with Crippen LogP contribution in [0.15, 0.2) is 42.7 Å². The normalized spacial score (nSPS) is 14.8. The van der Waals surface area contributed by atoms with Crippen LogP contribution in [0.5, 0.6) is 0 Å². The summed E-state index contributed by atoms with van der Waals surface area (Å²) in [6.45, 7) is 5.25. The largest absolute Gasteiger partial charge is 0.341 e. The number of aromatic nitrogens is 2. The van der Waals surface area contributed by atoms with Crippen molar-refractivity contribution >= 4 is 11.9 Å². The maximum atomic E-state index is 12.8. The summed E-state index contributed by atoms with van der Waals surface area (Å²) < 4.78 is 0. The summed E-state index contributed by atoms with van der Waals surface area (Å²) in [6, 6.07) is 10.0. The van der Waals surface area contributed by atoms with Gasteiger partial charge >= 0.3 is 0 Å². The SMILES string of the molecule is CCN(Cc1ccccc1)C(=O)c1cnc(N2CCCCCC2)nc1. The van der Waals surface area contributed by atoms with Crippen molar-refractivity contribution in [3.05, 3.63) is 53.9 Å². The number of hydrogen-bond acceptors (Lipinski definition) is 4. The molecule has 0 saturated carbocycles. The maximum absolute atomic E-state index is 12.8. The van der Waals surface area contributed by atoms with E-state index in [1.807, 2.05) is 42.2 Å². The molecule has 0 radical (unpaired) electrons. The molecule has 0 bridgehead atoms. The molecule has 1 amide bonds. The first kappa shape index (κ1) is 17.4. The van der Waals surface area contributed by atoms with Gasteiger partial charge in [0.1, 0.15) is 0 Å². The number of nitrogens with zero attached hydrogens (tertiary/aromatic N) is 4. The molecule has 0 aliphatic carbocycles. The zero-order valence-corrected chi connectivity index (χ0v) is 14.9. The summed E-state index contributed by atoms with van der Waals surface area (Å²) in [4.78, 5) is 25.7. The minimum Gasteiger partial charge on any atom is -0.341 e. The molecule has 5 heteroatoms. The van der Waals surface area contributed by atoms with E-state index in [4.69, 9.17) is 0 Å². The van der Waals surface area contributed by atoms with E-state index in [-0.39, 0.29) is 5.91 Å². The van der Waals surface area contributed by atoms with E-state index in [1.165, 1.54) is 25.7 Å². The molecule has 1 aliphatic rings. The van der Waals surface area contributed by atoms with Gasteiger partial charge in [-0.05, 0) is 25.3 Å². The molecule has 1 fully saturated rings. The molecule has 25 heavy (non-hydrogen) atoms. The Bertz CT molecular complexity index is 664. The first-order valence-electron chi connectivity index (χ1n) is 9.18. The van der Waals surface area contributed by atoms with Crippen molar-refractivity contribution in [2.45, 2.75) is 39.2 Å². The second kappa shape index (κ2) is 8.60. The quantitative estimate of drug-likeness (QED) is 0.837. The number of carbonyl (C=O) groups is 1. The summed E-state index contributed by atoms with van der Waals surface area (Å²) in [5, 5.41) is 0. The van der Waals surface area contributed by atoms with Gasteiger partial charge in [0.2, 0.25) is 5.95 Å². The molecule has 2 heterocycles. The van der Waals surface area contributed by atoms with Crippen molar-refractivity contribution in [2.75, 3.05) is 24.5 Å². The van der Waals surface area contributed by atoms with Gasteiger partial charge in [0, 0.05) is 38.6 Å². The Morgan fingerprint density at radius 1 is 1.04 bits per heavy atom. The topological polar surface area (TPSA) is 49.3 Å². The van der Waals surface area contributed by atoms with E-state index in [9.17, 15) is 4.79 Å². The van der Waals surface area contributed by atoms with Crippen molar-refractivity contribution < 1.29 is 4.79 Å². The molecule has 0 atom stereocenters. The maximum Gasteiger partial charge on any atom is 0.257 e. The van der Waals surface area contributed by atoms with Crippen molar-refractivity contribution in [1.29, 1.82) is 0 Å². The lowest BCUT2D eigenvalue weighted by molar-refractivity contribution is 0.0751. The lowest BCUT2D eigenvalue weighted by Crippen LogP contribution is -2.31. The number of amides is 1. The monoisotopic (exact) mass is 338 g/mol. The molecule has 0 spiro atoms. The van der Waals surface area contributed by atoms with E-state index >= 15 is 0 Å². The molecule has 1 aromatic carbocycles. The zero-order chi connectivity index (χ0) is 17.5. The number of benzene rings is 1. The van der Waals surface area contributed by atoms with Crippen LogP contribution in [0.2, 0.25) is 0 Å². The Balaban J connectivity index is 1.68. The molecule has 1 aromatic heterocycles. The van der Waals surface area contributed by atoms with Crippen LogP contribution in [0, 0.1) is 0 Å². The van der Waals surface area contributed by atoms with Gasteiger partial charge in [-0.2, -0.15) is 0 Å². The lowest BCUT2D eigenvalue weighted by Gasteiger charge is -2.22. The molecule has 5 nitrogen and oxygen atoms in total. The summed E-state index contributed by atoms with van der Waals surface area (Å²) in [7, 11) is 0. The Morgan fingerprint density at radius 2 is 1.68 bits per heavy atom. The van der Waals surface area contributed by atoms with Gasteiger partial charge in [-0.25, -0.2) is 9.97 Å². The summed E-state index contributed by atoms with van der Waals surface area (Å²) in [5.41, 5.74) is 1.68. The molecule has 1 aliphatic heterocycles. The Hall–Kier alpha value is -2.43. The second-order valence-electron chi connectivity index (χ2n) is 6.48. The van der Waals surface area contributed by atoms with E-state index in [0.717, 1.165) is 24.6 Å². The number of carbonyl (C=O) groups excluding carboxylic acids is 1. The second-order valence-corrected chi connectivity index (χ2v) is 6.48. The van der Waals surface area contributed by atoms with Crippen LogP contribution in [-0.4, -0.2) is 40.4 Å². The molecule has 0 unspecified atom stereocenters. The first-order chi connectivity index (χ1) is 12.3.